The number of rotatable bonds is 7. The Morgan fingerprint density at radius 3 is 2.37 bits per heavy atom. The van der Waals surface area contributed by atoms with Gasteiger partial charge in [-0.3, -0.25) is 9.89 Å². The molecular formula is C39H45F3N8O2. The number of aromatic nitrogens is 4. The molecule has 0 unspecified atom stereocenters. The van der Waals surface area contributed by atoms with E-state index in [2.05, 4.69) is 32.6 Å². The summed E-state index contributed by atoms with van der Waals surface area (Å²) < 4.78 is 48.3. The lowest BCUT2D eigenvalue weighted by molar-refractivity contribution is -0.153. The molecule has 5 aliphatic rings. The number of H-pyrrole nitrogens is 1. The first-order chi connectivity index (χ1) is 24.9. The Balaban J connectivity index is 1.20. The van der Waals surface area contributed by atoms with Crippen molar-refractivity contribution < 1.29 is 22.7 Å². The molecule has 13 heteroatoms. The zero-order valence-electron chi connectivity index (χ0n) is 29.6. The SMILES string of the molecule is C=CC(=O)N1CC2(CCN(c3nc(N4CCC5(CC4)CC(N)C5)nc4c(OCC(F)(F)F)c(-c5c(C)ccc6[nH]ncc56)c(C5CC5)cc34)CC2)C1. The van der Waals surface area contributed by atoms with Crippen molar-refractivity contribution in [1.29, 1.82) is 0 Å². The van der Waals surface area contributed by atoms with E-state index in [0.29, 0.717) is 30.1 Å². The van der Waals surface area contributed by atoms with Crippen LogP contribution in [-0.2, 0) is 4.79 Å². The minimum atomic E-state index is -4.55. The molecule has 0 bridgehead atoms. The minimum absolute atomic E-state index is 0.0390. The molecular weight excluding hydrogens is 669 g/mol. The monoisotopic (exact) mass is 714 g/mol. The molecule has 10 nitrogen and oxygen atoms in total. The molecule has 3 N–H and O–H groups in total. The fourth-order valence-corrected chi connectivity index (χ4v) is 9.54. The van der Waals surface area contributed by atoms with E-state index in [1.807, 2.05) is 24.0 Å². The van der Waals surface area contributed by atoms with Crippen molar-refractivity contribution in [3.05, 3.63) is 48.2 Å². The van der Waals surface area contributed by atoms with Gasteiger partial charge in [0, 0.05) is 67.1 Å². The number of carbonyl (C=O) groups is 1. The van der Waals surface area contributed by atoms with Crippen LogP contribution in [0.5, 0.6) is 5.75 Å². The molecule has 9 rings (SSSR count). The Morgan fingerprint density at radius 1 is 1.02 bits per heavy atom. The molecule has 3 saturated heterocycles. The Labute approximate surface area is 300 Å². The number of aromatic amines is 1. The number of anilines is 2. The van der Waals surface area contributed by atoms with Crippen LogP contribution >= 0.6 is 0 Å². The molecule has 274 valence electrons. The van der Waals surface area contributed by atoms with Gasteiger partial charge in [0.25, 0.3) is 0 Å². The second-order valence-electron chi connectivity index (χ2n) is 16.2. The van der Waals surface area contributed by atoms with Crippen LogP contribution in [0, 0.1) is 17.8 Å². The topological polar surface area (TPSA) is 117 Å². The molecule has 4 aromatic rings. The Hall–Kier alpha value is -4.39. The fraction of sp³-hybridized carbons (Fsp3) is 0.538. The first kappa shape index (κ1) is 33.4. The lowest BCUT2D eigenvalue weighted by Gasteiger charge is -2.54. The van der Waals surface area contributed by atoms with Crippen LogP contribution in [0.2, 0.25) is 0 Å². The van der Waals surface area contributed by atoms with Gasteiger partial charge in [-0.1, -0.05) is 12.6 Å². The number of amides is 1. The van der Waals surface area contributed by atoms with Crippen LogP contribution in [0.15, 0.2) is 37.1 Å². The van der Waals surface area contributed by atoms with Crippen molar-refractivity contribution in [2.75, 3.05) is 55.7 Å². The molecule has 0 radical (unpaired) electrons. The number of fused-ring (bicyclic) bond motifs is 2. The summed E-state index contributed by atoms with van der Waals surface area (Å²) in [5, 5.41) is 8.89. The maximum atomic E-state index is 14.1. The third-order valence-electron chi connectivity index (χ3n) is 12.6. The molecule has 5 fully saturated rings. The van der Waals surface area contributed by atoms with Gasteiger partial charge >= 0.3 is 6.18 Å². The molecule has 0 atom stereocenters. The summed E-state index contributed by atoms with van der Waals surface area (Å²) in [6.07, 6.45) is 6.22. The quantitative estimate of drug-likeness (QED) is 0.205. The van der Waals surface area contributed by atoms with E-state index in [1.54, 1.807) is 6.20 Å². The van der Waals surface area contributed by atoms with Gasteiger partial charge in [0.05, 0.1) is 11.7 Å². The molecule has 2 saturated carbocycles. The first-order valence-electron chi connectivity index (χ1n) is 18.6. The van der Waals surface area contributed by atoms with Crippen molar-refractivity contribution >= 4 is 39.5 Å². The Kier molecular flexibility index (Phi) is 7.77. The number of likely N-dealkylation sites (tertiary alicyclic amines) is 1. The summed E-state index contributed by atoms with van der Waals surface area (Å²) in [7, 11) is 0. The van der Waals surface area contributed by atoms with Crippen molar-refractivity contribution in [2.24, 2.45) is 16.6 Å². The van der Waals surface area contributed by atoms with Crippen molar-refractivity contribution in [3.8, 4) is 16.9 Å². The highest BCUT2D eigenvalue weighted by atomic mass is 19.4. The number of alkyl halides is 3. The molecule has 2 aliphatic carbocycles. The van der Waals surface area contributed by atoms with Crippen LogP contribution < -0.4 is 20.3 Å². The number of aryl methyl sites for hydroxylation is 1. The number of halogens is 3. The van der Waals surface area contributed by atoms with Gasteiger partial charge in [-0.05, 0) is 105 Å². The van der Waals surface area contributed by atoms with Gasteiger partial charge in [0.15, 0.2) is 12.4 Å². The van der Waals surface area contributed by atoms with E-state index in [4.69, 9.17) is 20.4 Å². The van der Waals surface area contributed by atoms with Gasteiger partial charge in [-0.15, -0.1) is 0 Å². The summed E-state index contributed by atoms with van der Waals surface area (Å²) in [5.74, 6) is 1.56. The maximum absolute atomic E-state index is 14.1. The number of piperidine rings is 2. The average Bonchev–Trinajstić information content (AvgIpc) is 3.84. The zero-order valence-corrected chi connectivity index (χ0v) is 29.6. The van der Waals surface area contributed by atoms with Crippen molar-refractivity contribution in [3.63, 3.8) is 0 Å². The van der Waals surface area contributed by atoms with Crippen LogP contribution in [0.25, 0.3) is 32.9 Å². The van der Waals surface area contributed by atoms with Gasteiger partial charge in [-0.2, -0.15) is 23.3 Å². The molecule has 5 heterocycles. The van der Waals surface area contributed by atoms with Crippen molar-refractivity contribution in [2.45, 2.75) is 76.4 Å². The molecule has 52 heavy (non-hydrogen) atoms. The van der Waals surface area contributed by atoms with E-state index >= 15 is 0 Å². The molecule has 2 aromatic heterocycles. The van der Waals surface area contributed by atoms with Crippen LogP contribution in [0.1, 0.15) is 68.4 Å². The van der Waals surface area contributed by atoms with E-state index in [0.717, 1.165) is 116 Å². The normalized spacial score (nSPS) is 21.5. The lowest BCUT2D eigenvalue weighted by Crippen LogP contribution is -2.61. The van der Waals surface area contributed by atoms with Gasteiger partial charge < -0.3 is 25.2 Å². The second-order valence-corrected chi connectivity index (χ2v) is 16.2. The van der Waals surface area contributed by atoms with E-state index in [9.17, 15) is 18.0 Å². The first-order valence-corrected chi connectivity index (χ1v) is 18.6. The van der Waals surface area contributed by atoms with Crippen LogP contribution in [0.4, 0.5) is 24.9 Å². The summed E-state index contributed by atoms with van der Waals surface area (Å²) >= 11 is 0. The number of nitrogens with two attached hydrogens (primary N) is 1. The minimum Gasteiger partial charge on any atom is -0.481 e. The number of benzene rings is 2. The average molecular weight is 715 g/mol. The second kappa shape index (κ2) is 12.1. The van der Waals surface area contributed by atoms with Gasteiger partial charge in [0.2, 0.25) is 11.9 Å². The fourth-order valence-electron chi connectivity index (χ4n) is 9.54. The highest BCUT2D eigenvalue weighted by Crippen LogP contribution is 2.54. The highest BCUT2D eigenvalue weighted by molar-refractivity contribution is 6.06. The molecule has 1 amide bonds. The van der Waals surface area contributed by atoms with E-state index in [-0.39, 0.29) is 34.4 Å². The van der Waals surface area contributed by atoms with Crippen molar-refractivity contribution in [1.82, 2.24) is 25.1 Å². The van der Waals surface area contributed by atoms with E-state index < -0.39 is 12.8 Å². The Morgan fingerprint density at radius 2 is 1.71 bits per heavy atom. The third-order valence-corrected chi connectivity index (χ3v) is 12.6. The molecule has 3 aliphatic heterocycles. The number of ether oxygens (including phenoxy) is 1. The standard InChI is InChI=1S/C39H45F3N8O2/c1-3-30(51)50-20-38(21-50)10-12-48(13-11-38)35-27-16-26(24-5-6-24)32(31-23(2)4-7-29-28(31)19-44-47-29)34(52-22-39(40,41)42)33(27)45-36(46-35)49-14-8-37(9-15-49)17-25(43)18-37/h3-4,7,16,19,24-25H,1,5-6,8-15,17-18,20-22,43H2,2H3,(H,44,47). The van der Waals surface area contributed by atoms with Crippen LogP contribution in [-0.4, -0.2) is 89.1 Å². The largest absolute Gasteiger partial charge is 0.481 e. The third kappa shape index (κ3) is 5.75. The number of nitrogens with zero attached hydrogens (tertiary/aromatic N) is 6. The maximum Gasteiger partial charge on any atom is 0.422 e. The Bertz CT molecular complexity index is 2060. The summed E-state index contributed by atoms with van der Waals surface area (Å²) in [5.41, 5.74) is 11.1. The highest BCUT2D eigenvalue weighted by Gasteiger charge is 2.47. The van der Waals surface area contributed by atoms with E-state index in [1.165, 1.54) is 6.08 Å². The molecule has 2 spiro atoms. The predicted molar refractivity (Wildman–Crippen MR) is 195 cm³/mol. The van der Waals surface area contributed by atoms with Gasteiger partial charge in [0.1, 0.15) is 11.3 Å². The summed E-state index contributed by atoms with van der Waals surface area (Å²) in [6.45, 7) is 8.57. The van der Waals surface area contributed by atoms with Crippen LogP contribution in [0.3, 0.4) is 0 Å². The zero-order chi connectivity index (χ0) is 36.0. The summed E-state index contributed by atoms with van der Waals surface area (Å²) in [4.78, 5) is 29.0. The number of nitrogens with one attached hydrogen (secondary N) is 1. The van der Waals surface area contributed by atoms with Gasteiger partial charge in [-0.25, -0.2) is 4.98 Å². The smallest absolute Gasteiger partial charge is 0.422 e. The predicted octanol–water partition coefficient (Wildman–Crippen LogP) is 6.62. The molecule has 2 aromatic carbocycles. The number of carbonyl (C=O) groups excluding carboxylic acids is 1. The summed E-state index contributed by atoms with van der Waals surface area (Å²) in [6, 6.07) is 6.32. The number of hydrogen-bond acceptors (Lipinski definition) is 8. The lowest BCUT2D eigenvalue weighted by atomic mass is 9.61. The number of hydrogen-bond donors (Lipinski definition) is 2.